The van der Waals surface area contributed by atoms with Gasteiger partial charge in [0.2, 0.25) is 5.24 Å². The largest absolute Gasteiger partial charge is 0.279 e. The molecule has 1 heterocycles. The number of carbonyl (C=O) groups is 3. The molecule has 1 atom stereocenters. The number of halogens is 2. The molecule has 2 aromatic carbocycles. The minimum Gasteiger partial charge on any atom is -0.279 e. The first-order valence-electron chi connectivity index (χ1n) is 6.90. The average molecular weight is 393 g/mol. The molecular formula is C17H11BrClNO3. The fraction of sp³-hybridized carbons (Fsp3) is 0.118. The van der Waals surface area contributed by atoms with Crippen molar-refractivity contribution in [3.05, 3.63) is 69.7 Å². The highest BCUT2D eigenvalue weighted by atomic mass is 79.9. The summed E-state index contributed by atoms with van der Waals surface area (Å²) in [5.74, 6) is -0.978. The number of nitrogens with zero attached hydrogens (tertiary/aromatic N) is 1. The molecule has 4 nitrogen and oxygen atoms in total. The van der Waals surface area contributed by atoms with E-state index in [4.69, 9.17) is 11.6 Å². The van der Waals surface area contributed by atoms with E-state index in [9.17, 15) is 14.4 Å². The van der Waals surface area contributed by atoms with Crippen LogP contribution >= 0.6 is 27.5 Å². The van der Waals surface area contributed by atoms with E-state index >= 15 is 0 Å². The van der Waals surface area contributed by atoms with Crippen molar-refractivity contribution in [2.24, 2.45) is 0 Å². The van der Waals surface area contributed by atoms with Crippen LogP contribution in [0.1, 0.15) is 26.3 Å². The first kappa shape index (κ1) is 15.9. The number of fused-ring (bicyclic) bond motifs is 1. The molecule has 1 aliphatic heterocycles. The van der Waals surface area contributed by atoms with E-state index < -0.39 is 23.1 Å². The molecule has 6 heteroatoms. The molecule has 0 saturated heterocycles. The van der Waals surface area contributed by atoms with Crippen molar-refractivity contribution >= 4 is 44.6 Å². The Morgan fingerprint density at radius 2 is 1.52 bits per heavy atom. The number of rotatable bonds is 4. The Kier molecular flexibility index (Phi) is 4.33. The lowest BCUT2D eigenvalue weighted by molar-refractivity contribution is -0.115. The van der Waals surface area contributed by atoms with Crippen molar-refractivity contribution in [3.8, 4) is 0 Å². The second kappa shape index (κ2) is 6.26. The molecule has 2 aromatic rings. The fourth-order valence-electron chi connectivity index (χ4n) is 2.64. The molecule has 1 aliphatic rings. The SMILES string of the molecule is O=C(Cl)C(Cc1ccccc1Br)N1C(=O)c2ccccc2C1=O. The maximum Gasteiger partial charge on any atom is 0.262 e. The number of carbonyl (C=O) groups excluding carboxylic acids is 3. The van der Waals surface area contributed by atoms with Crippen molar-refractivity contribution in [1.29, 1.82) is 0 Å². The summed E-state index contributed by atoms with van der Waals surface area (Å²) in [7, 11) is 0. The lowest BCUT2D eigenvalue weighted by atomic mass is 10.1. The van der Waals surface area contributed by atoms with Crippen molar-refractivity contribution in [3.63, 3.8) is 0 Å². The highest BCUT2D eigenvalue weighted by molar-refractivity contribution is 9.10. The van der Waals surface area contributed by atoms with Crippen molar-refractivity contribution < 1.29 is 14.4 Å². The molecule has 116 valence electrons. The fourth-order valence-corrected chi connectivity index (χ4v) is 3.26. The molecule has 3 rings (SSSR count). The maximum absolute atomic E-state index is 12.5. The minimum atomic E-state index is -1.04. The van der Waals surface area contributed by atoms with Crippen LogP contribution in [0.15, 0.2) is 53.0 Å². The third kappa shape index (κ3) is 2.82. The van der Waals surface area contributed by atoms with Gasteiger partial charge in [0.05, 0.1) is 11.1 Å². The van der Waals surface area contributed by atoms with E-state index in [1.54, 1.807) is 24.3 Å². The van der Waals surface area contributed by atoms with Gasteiger partial charge in [-0.1, -0.05) is 46.3 Å². The van der Waals surface area contributed by atoms with E-state index in [1.165, 1.54) is 0 Å². The highest BCUT2D eigenvalue weighted by Gasteiger charge is 2.42. The van der Waals surface area contributed by atoms with Crippen LogP contribution in [0.3, 0.4) is 0 Å². The van der Waals surface area contributed by atoms with Gasteiger partial charge in [0.1, 0.15) is 6.04 Å². The van der Waals surface area contributed by atoms with Crippen LogP contribution in [0.25, 0.3) is 0 Å². The third-order valence-corrected chi connectivity index (χ3v) is 4.80. The van der Waals surface area contributed by atoms with Crippen LogP contribution in [0, 0.1) is 0 Å². The Hall–Kier alpha value is -1.98. The summed E-state index contributed by atoms with van der Waals surface area (Å²) in [5, 5.41) is -0.741. The minimum absolute atomic E-state index is 0.162. The molecular weight excluding hydrogens is 382 g/mol. The lowest BCUT2D eigenvalue weighted by Gasteiger charge is -2.23. The predicted octanol–water partition coefficient (Wildman–Crippen LogP) is 3.42. The first-order valence-corrected chi connectivity index (χ1v) is 8.07. The summed E-state index contributed by atoms with van der Waals surface area (Å²) in [6.45, 7) is 0. The summed E-state index contributed by atoms with van der Waals surface area (Å²) >= 11 is 9.10. The van der Waals surface area contributed by atoms with E-state index in [2.05, 4.69) is 15.9 Å². The smallest absolute Gasteiger partial charge is 0.262 e. The van der Waals surface area contributed by atoms with Crippen LogP contribution < -0.4 is 0 Å². The zero-order chi connectivity index (χ0) is 16.6. The van der Waals surface area contributed by atoms with Gasteiger partial charge in [-0.2, -0.15) is 0 Å². The number of imide groups is 1. The molecule has 0 aromatic heterocycles. The molecule has 0 radical (unpaired) electrons. The van der Waals surface area contributed by atoms with Crippen LogP contribution in [-0.4, -0.2) is 28.0 Å². The van der Waals surface area contributed by atoms with Crippen LogP contribution in [0.4, 0.5) is 0 Å². The predicted molar refractivity (Wildman–Crippen MR) is 89.4 cm³/mol. The molecule has 0 aliphatic carbocycles. The molecule has 1 unspecified atom stereocenters. The van der Waals surface area contributed by atoms with Gasteiger partial charge in [0.15, 0.2) is 0 Å². The molecule has 0 saturated carbocycles. The summed E-state index contributed by atoms with van der Waals surface area (Å²) in [6.07, 6.45) is 0.162. The van der Waals surface area contributed by atoms with E-state index in [-0.39, 0.29) is 6.42 Å². The van der Waals surface area contributed by atoms with Crippen molar-refractivity contribution in [1.82, 2.24) is 4.90 Å². The van der Waals surface area contributed by atoms with Crippen LogP contribution in [-0.2, 0) is 11.2 Å². The van der Waals surface area contributed by atoms with Crippen LogP contribution in [0.5, 0.6) is 0 Å². The second-order valence-corrected chi connectivity index (χ2v) is 6.37. The standard InChI is InChI=1S/C17H11BrClNO3/c18-13-8-4-1-5-10(13)9-14(15(19)21)20-16(22)11-6-2-3-7-12(11)17(20)23/h1-8,14H,9H2. The van der Waals surface area contributed by atoms with Gasteiger partial charge in [-0.25, -0.2) is 0 Å². The molecule has 0 fully saturated rings. The Morgan fingerprint density at radius 1 is 1.00 bits per heavy atom. The number of hydrogen-bond donors (Lipinski definition) is 0. The normalized spacial score (nSPS) is 14.8. The topological polar surface area (TPSA) is 54.5 Å². The zero-order valence-electron chi connectivity index (χ0n) is 11.8. The molecule has 0 bridgehead atoms. The molecule has 0 N–H and O–H groups in total. The number of benzene rings is 2. The third-order valence-electron chi connectivity index (χ3n) is 3.77. The molecule has 0 spiro atoms. The number of amides is 2. The Balaban J connectivity index is 1.98. The number of hydrogen-bond acceptors (Lipinski definition) is 3. The van der Waals surface area contributed by atoms with Gasteiger partial charge >= 0.3 is 0 Å². The summed E-state index contributed by atoms with van der Waals surface area (Å²) < 4.78 is 0.791. The van der Waals surface area contributed by atoms with E-state index in [0.717, 1.165) is 14.9 Å². The molecule has 23 heavy (non-hydrogen) atoms. The lowest BCUT2D eigenvalue weighted by Crippen LogP contribution is -2.44. The van der Waals surface area contributed by atoms with E-state index in [0.29, 0.717) is 11.1 Å². The van der Waals surface area contributed by atoms with Gasteiger partial charge < -0.3 is 0 Å². The maximum atomic E-state index is 12.5. The second-order valence-electron chi connectivity index (χ2n) is 5.14. The van der Waals surface area contributed by atoms with Crippen molar-refractivity contribution in [2.45, 2.75) is 12.5 Å². The average Bonchev–Trinajstić information content (AvgIpc) is 2.79. The van der Waals surface area contributed by atoms with Crippen molar-refractivity contribution in [2.75, 3.05) is 0 Å². The Morgan fingerprint density at radius 3 is 2.04 bits per heavy atom. The quantitative estimate of drug-likeness (QED) is 0.592. The van der Waals surface area contributed by atoms with Gasteiger partial charge in [-0.05, 0) is 35.4 Å². The highest BCUT2D eigenvalue weighted by Crippen LogP contribution is 2.28. The van der Waals surface area contributed by atoms with Gasteiger partial charge in [0, 0.05) is 10.9 Å². The Labute approximate surface area is 146 Å². The van der Waals surface area contributed by atoms with Gasteiger partial charge in [0.25, 0.3) is 11.8 Å². The summed E-state index contributed by atoms with van der Waals surface area (Å²) in [4.78, 5) is 37.9. The Bertz CT molecular complexity index is 786. The van der Waals surface area contributed by atoms with Crippen LogP contribution in [0.2, 0.25) is 0 Å². The monoisotopic (exact) mass is 391 g/mol. The first-order chi connectivity index (χ1) is 11.0. The zero-order valence-corrected chi connectivity index (χ0v) is 14.2. The molecule has 2 amide bonds. The van der Waals surface area contributed by atoms with Gasteiger partial charge in [-0.3, -0.25) is 19.3 Å². The van der Waals surface area contributed by atoms with Gasteiger partial charge in [-0.15, -0.1) is 0 Å². The summed E-state index contributed by atoms with van der Waals surface area (Å²) in [5.41, 5.74) is 1.39. The van der Waals surface area contributed by atoms with E-state index in [1.807, 2.05) is 24.3 Å². The summed E-state index contributed by atoms with van der Waals surface area (Å²) in [6, 6.07) is 12.8.